The van der Waals surface area contributed by atoms with Gasteiger partial charge in [-0.3, -0.25) is 4.90 Å². The normalized spacial score (nSPS) is 28.1. The number of piperazine rings is 1. The summed E-state index contributed by atoms with van der Waals surface area (Å²) in [5, 5.41) is 3.75. The van der Waals surface area contributed by atoms with Gasteiger partial charge in [0, 0.05) is 38.8 Å². The minimum Gasteiger partial charge on any atom is -0.315 e. The van der Waals surface area contributed by atoms with E-state index in [0.29, 0.717) is 6.04 Å². The molecule has 4 heteroatoms. The Morgan fingerprint density at radius 3 is 2.53 bits per heavy atom. The molecule has 0 amide bonds. The Bertz CT molecular complexity index is 246. The van der Waals surface area contributed by atoms with E-state index in [1.807, 2.05) is 0 Å². The zero-order valence-corrected chi connectivity index (χ0v) is 13.7. The second-order valence-corrected chi connectivity index (χ2v) is 7.69. The van der Waals surface area contributed by atoms with E-state index in [2.05, 4.69) is 47.8 Å². The average molecular weight is 286 g/mol. The van der Waals surface area contributed by atoms with E-state index in [9.17, 15) is 0 Å². The number of hydrogen-bond donors (Lipinski definition) is 1. The van der Waals surface area contributed by atoms with E-state index in [0.717, 1.165) is 11.8 Å². The van der Waals surface area contributed by atoms with Crippen molar-refractivity contribution < 1.29 is 0 Å². The third kappa shape index (κ3) is 4.92. The Morgan fingerprint density at radius 2 is 1.95 bits per heavy atom. The summed E-state index contributed by atoms with van der Waals surface area (Å²) in [5.74, 6) is 4.41. The van der Waals surface area contributed by atoms with E-state index < -0.39 is 0 Å². The van der Waals surface area contributed by atoms with Crippen LogP contribution in [0.4, 0.5) is 0 Å². The first-order valence-corrected chi connectivity index (χ1v) is 9.03. The van der Waals surface area contributed by atoms with E-state index in [-0.39, 0.29) is 0 Å². The van der Waals surface area contributed by atoms with E-state index in [4.69, 9.17) is 0 Å². The molecule has 2 unspecified atom stereocenters. The van der Waals surface area contributed by atoms with Crippen LogP contribution in [0.25, 0.3) is 0 Å². The van der Waals surface area contributed by atoms with E-state index >= 15 is 0 Å². The molecule has 19 heavy (non-hydrogen) atoms. The van der Waals surface area contributed by atoms with Crippen molar-refractivity contribution in [3.8, 4) is 0 Å². The Balaban J connectivity index is 1.72. The summed E-state index contributed by atoms with van der Waals surface area (Å²) >= 11 is 2.12. The Morgan fingerprint density at radius 1 is 1.21 bits per heavy atom. The summed E-state index contributed by atoms with van der Waals surface area (Å²) in [6.07, 6.45) is 1.42. The molecule has 0 aliphatic carbocycles. The average Bonchev–Trinajstić information content (AvgIpc) is 2.89. The standard InChI is InChI=1S/C15H31N3S/c1-13(2)15(18-7-5-17(3)6-8-18)11-16-10-14-4-9-19-12-14/h13-16H,4-12H2,1-3H3. The molecule has 3 nitrogen and oxygen atoms in total. The molecule has 0 saturated carbocycles. The molecule has 2 aliphatic heterocycles. The van der Waals surface area contributed by atoms with Crippen LogP contribution in [-0.4, -0.2) is 73.7 Å². The molecule has 0 aromatic carbocycles. The summed E-state index contributed by atoms with van der Waals surface area (Å²) in [4.78, 5) is 5.14. The van der Waals surface area contributed by atoms with Crippen molar-refractivity contribution in [2.75, 3.05) is 57.8 Å². The highest BCUT2D eigenvalue weighted by atomic mass is 32.2. The molecular weight excluding hydrogens is 254 g/mol. The zero-order chi connectivity index (χ0) is 13.7. The predicted molar refractivity (Wildman–Crippen MR) is 86.0 cm³/mol. The fourth-order valence-corrected chi connectivity index (χ4v) is 4.40. The van der Waals surface area contributed by atoms with Crippen LogP contribution in [0, 0.1) is 11.8 Å². The maximum Gasteiger partial charge on any atom is 0.0244 e. The van der Waals surface area contributed by atoms with Gasteiger partial charge in [-0.05, 0) is 43.4 Å². The Kier molecular flexibility index (Phi) is 6.46. The largest absolute Gasteiger partial charge is 0.315 e. The molecule has 2 fully saturated rings. The van der Waals surface area contributed by atoms with Crippen molar-refractivity contribution in [2.24, 2.45) is 11.8 Å². The SMILES string of the molecule is CC(C)C(CNCC1CCSC1)N1CCN(C)CC1. The van der Waals surface area contributed by atoms with Gasteiger partial charge in [0.2, 0.25) is 0 Å². The van der Waals surface area contributed by atoms with Gasteiger partial charge in [0.15, 0.2) is 0 Å². The lowest BCUT2D eigenvalue weighted by Gasteiger charge is -2.40. The summed E-state index contributed by atoms with van der Waals surface area (Å²) in [7, 11) is 2.23. The van der Waals surface area contributed by atoms with Gasteiger partial charge in [-0.1, -0.05) is 13.8 Å². The predicted octanol–water partition coefficient (Wildman–Crippen LogP) is 1.60. The summed E-state index contributed by atoms with van der Waals surface area (Å²) in [5.41, 5.74) is 0. The van der Waals surface area contributed by atoms with Gasteiger partial charge in [-0.15, -0.1) is 0 Å². The molecular formula is C15H31N3S. The molecule has 2 saturated heterocycles. The van der Waals surface area contributed by atoms with Gasteiger partial charge in [0.1, 0.15) is 0 Å². The lowest BCUT2D eigenvalue weighted by molar-refractivity contribution is 0.0873. The fraction of sp³-hybridized carbons (Fsp3) is 1.00. The lowest BCUT2D eigenvalue weighted by atomic mass is 10.0. The van der Waals surface area contributed by atoms with Crippen molar-refractivity contribution >= 4 is 11.8 Å². The first-order chi connectivity index (χ1) is 9.16. The Labute approximate surface area is 123 Å². The summed E-state index contributed by atoms with van der Waals surface area (Å²) < 4.78 is 0. The van der Waals surface area contributed by atoms with Gasteiger partial charge < -0.3 is 10.2 Å². The number of nitrogens with zero attached hydrogens (tertiary/aromatic N) is 2. The van der Waals surface area contributed by atoms with Crippen LogP contribution in [-0.2, 0) is 0 Å². The summed E-state index contributed by atoms with van der Waals surface area (Å²) in [6, 6.07) is 0.711. The highest BCUT2D eigenvalue weighted by molar-refractivity contribution is 7.99. The molecule has 1 N–H and O–H groups in total. The molecule has 2 aliphatic rings. The highest BCUT2D eigenvalue weighted by Gasteiger charge is 2.25. The zero-order valence-electron chi connectivity index (χ0n) is 12.9. The Hall–Kier alpha value is 0.230. The van der Waals surface area contributed by atoms with E-state index in [1.54, 1.807) is 0 Å². The highest BCUT2D eigenvalue weighted by Crippen LogP contribution is 2.22. The lowest BCUT2D eigenvalue weighted by Crippen LogP contribution is -2.54. The molecule has 0 aromatic heterocycles. The number of nitrogens with one attached hydrogen (secondary N) is 1. The second kappa shape index (κ2) is 7.87. The molecule has 2 heterocycles. The number of rotatable bonds is 6. The number of hydrogen-bond acceptors (Lipinski definition) is 4. The molecule has 0 spiro atoms. The maximum absolute atomic E-state index is 3.75. The van der Waals surface area contributed by atoms with Crippen LogP contribution in [0.2, 0.25) is 0 Å². The van der Waals surface area contributed by atoms with Crippen molar-refractivity contribution in [2.45, 2.75) is 26.3 Å². The molecule has 0 bridgehead atoms. The summed E-state index contributed by atoms with van der Waals surface area (Å²) in [6.45, 7) is 12.1. The van der Waals surface area contributed by atoms with Gasteiger partial charge in [0.25, 0.3) is 0 Å². The first-order valence-electron chi connectivity index (χ1n) is 7.88. The molecule has 112 valence electrons. The number of likely N-dealkylation sites (N-methyl/N-ethyl adjacent to an activating group) is 1. The van der Waals surface area contributed by atoms with Crippen molar-refractivity contribution in [3.63, 3.8) is 0 Å². The third-order valence-electron chi connectivity index (χ3n) is 4.59. The van der Waals surface area contributed by atoms with Gasteiger partial charge in [-0.25, -0.2) is 0 Å². The van der Waals surface area contributed by atoms with Gasteiger partial charge >= 0.3 is 0 Å². The molecule has 2 atom stereocenters. The minimum absolute atomic E-state index is 0.711. The quantitative estimate of drug-likeness (QED) is 0.799. The topological polar surface area (TPSA) is 18.5 Å². The molecule has 0 radical (unpaired) electrons. The monoisotopic (exact) mass is 285 g/mol. The smallest absolute Gasteiger partial charge is 0.0244 e. The van der Waals surface area contributed by atoms with Crippen LogP contribution in [0.1, 0.15) is 20.3 Å². The van der Waals surface area contributed by atoms with Crippen molar-refractivity contribution in [1.82, 2.24) is 15.1 Å². The second-order valence-electron chi connectivity index (χ2n) is 6.54. The van der Waals surface area contributed by atoms with Crippen LogP contribution in [0.5, 0.6) is 0 Å². The van der Waals surface area contributed by atoms with Crippen LogP contribution < -0.4 is 5.32 Å². The fourth-order valence-electron chi connectivity index (χ4n) is 3.12. The maximum atomic E-state index is 3.75. The van der Waals surface area contributed by atoms with Crippen LogP contribution in [0.15, 0.2) is 0 Å². The van der Waals surface area contributed by atoms with Crippen LogP contribution >= 0.6 is 11.8 Å². The van der Waals surface area contributed by atoms with Crippen molar-refractivity contribution in [1.29, 1.82) is 0 Å². The van der Waals surface area contributed by atoms with Crippen LogP contribution in [0.3, 0.4) is 0 Å². The first kappa shape index (κ1) is 15.6. The number of thioether (sulfide) groups is 1. The van der Waals surface area contributed by atoms with Gasteiger partial charge in [-0.2, -0.15) is 11.8 Å². The minimum atomic E-state index is 0.711. The third-order valence-corrected chi connectivity index (χ3v) is 5.82. The molecule has 2 rings (SSSR count). The van der Waals surface area contributed by atoms with Crippen molar-refractivity contribution in [3.05, 3.63) is 0 Å². The van der Waals surface area contributed by atoms with Gasteiger partial charge in [0.05, 0.1) is 0 Å². The molecule has 0 aromatic rings. The van der Waals surface area contributed by atoms with E-state index in [1.165, 1.54) is 57.2 Å².